The molecule has 4 heteroatoms. The first-order valence-electron chi connectivity index (χ1n) is 7.31. The van der Waals surface area contributed by atoms with Gasteiger partial charge in [0.15, 0.2) is 0 Å². The van der Waals surface area contributed by atoms with Crippen LogP contribution in [0.2, 0.25) is 0 Å². The molecule has 0 amide bonds. The van der Waals surface area contributed by atoms with Gasteiger partial charge in [-0.25, -0.2) is 0 Å². The van der Waals surface area contributed by atoms with Crippen LogP contribution in [0.4, 0.5) is 0 Å². The molecule has 0 bridgehead atoms. The lowest BCUT2D eigenvalue weighted by molar-refractivity contribution is 0.324. The highest BCUT2D eigenvalue weighted by molar-refractivity contribution is 5.39. The zero-order valence-electron chi connectivity index (χ0n) is 13.4. The molecule has 2 rings (SSSR count). The highest BCUT2D eigenvalue weighted by Gasteiger charge is 2.19. The SMILES string of the molecule is CC(C)NCc1coc(Oc2ccccc2C(C)(C)C)n1. The van der Waals surface area contributed by atoms with Crippen molar-refractivity contribution in [1.82, 2.24) is 10.3 Å². The smallest absolute Gasteiger partial charge is 0.399 e. The second-order valence-electron chi connectivity index (χ2n) is 6.49. The molecule has 1 aromatic carbocycles. The molecule has 0 spiro atoms. The van der Waals surface area contributed by atoms with Gasteiger partial charge in [-0.15, -0.1) is 0 Å². The third-order valence-electron chi connectivity index (χ3n) is 3.11. The van der Waals surface area contributed by atoms with E-state index in [1.54, 1.807) is 6.26 Å². The molecular weight excluding hydrogens is 264 g/mol. The molecular formula is C17H24N2O2. The summed E-state index contributed by atoms with van der Waals surface area (Å²) in [6.07, 6.45) is 1.91. The van der Waals surface area contributed by atoms with Gasteiger partial charge >= 0.3 is 6.08 Å². The maximum atomic E-state index is 5.82. The van der Waals surface area contributed by atoms with E-state index in [0.29, 0.717) is 12.6 Å². The van der Waals surface area contributed by atoms with E-state index in [1.807, 2.05) is 18.2 Å². The van der Waals surface area contributed by atoms with Crippen LogP contribution < -0.4 is 10.1 Å². The molecule has 4 nitrogen and oxygen atoms in total. The summed E-state index contributed by atoms with van der Waals surface area (Å²) in [5, 5.41) is 3.30. The Morgan fingerprint density at radius 1 is 1.24 bits per heavy atom. The average Bonchev–Trinajstić information content (AvgIpc) is 2.83. The predicted octanol–water partition coefficient (Wildman–Crippen LogP) is 4.26. The lowest BCUT2D eigenvalue weighted by atomic mass is 9.86. The molecule has 1 N–H and O–H groups in total. The second kappa shape index (κ2) is 6.31. The van der Waals surface area contributed by atoms with E-state index in [0.717, 1.165) is 17.0 Å². The van der Waals surface area contributed by atoms with E-state index in [1.165, 1.54) is 0 Å². The van der Waals surface area contributed by atoms with E-state index in [9.17, 15) is 0 Å². The molecule has 1 aromatic heterocycles. The van der Waals surface area contributed by atoms with Gasteiger partial charge in [0.25, 0.3) is 0 Å². The van der Waals surface area contributed by atoms with Crippen molar-refractivity contribution >= 4 is 0 Å². The first kappa shape index (κ1) is 15.6. The summed E-state index contributed by atoms with van der Waals surface area (Å²) in [4.78, 5) is 4.35. The fourth-order valence-corrected chi connectivity index (χ4v) is 1.99. The van der Waals surface area contributed by atoms with E-state index in [-0.39, 0.29) is 11.5 Å². The third kappa shape index (κ3) is 4.33. The predicted molar refractivity (Wildman–Crippen MR) is 83.7 cm³/mol. The summed E-state index contributed by atoms with van der Waals surface area (Å²) in [7, 11) is 0. The van der Waals surface area contributed by atoms with Crippen molar-refractivity contribution < 1.29 is 9.15 Å². The lowest BCUT2D eigenvalue weighted by Crippen LogP contribution is -2.21. The van der Waals surface area contributed by atoms with Crippen LogP contribution in [0.25, 0.3) is 0 Å². The number of hydrogen-bond donors (Lipinski definition) is 1. The van der Waals surface area contributed by atoms with Gasteiger partial charge in [0.1, 0.15) is 12.0 Å². The summed E-state index contributed by atoms with van der Waals surface area (Å²) >= 11 is 0. The normalized spacial score (nSPS) is 11.9. The van der Waals surface area contributed by atoms with Crippen LogP contribution in [0.1, 0.15) is 45.9 Å². The van der Waals surface area contributed by atoms with Gasteiger partial charge in [0.2, 0.25) is 0 Å². The molecule has 2 aromatic rings. The number of nitrogens with one attached hydrogen (secondary N) is 1. The number of nitrogens with zero attached hydrogens (tertiary/aromatic N) is 1. The number of ether oxygens (including phenoxy) is 1. The van der Waals surface area contributed by atoms with E-state index >= 15 is 0 Å². The van der Waals surface area contributed by atoms with Crippen LogP contribution >= 0.6 is 0 Å². The highest BCUT2D eigenvalue weighted by atomic mass is 16.6. The summed E-state index contributed by atoms with van der Waals surface area (Å²) in [6, 6.07) is 8.39. The molecule has 1 heterocycles. The molecule has 21 heavy (non-hydrogen) atoms. The fourth-order valence-electron chi connectivity index (χ4n) is 1.99. The molecule has 0 fully saturated rings. The highest BCUT2D eigenvalue weighted by Crippen LogP contribution is 2.33. The first-order valence-corrected chi connectivity index (χ1v) is 7.31. The average molecular weight is 288 g/mol. The van der Waals surface area contributed by atoms with Crippen LogP contribution in [0.3, 0.4) is 0 Å². The Kier molecular flexibility index (Phi) is 4.68. The fraction of sp³-hybridized carbons (Fsp3) is 0.471. The van der Waals surface area contributed by atoms with Gasteiger partial charge < -0.3 is 14.5 Å². The number of oxazole rings is 1. The van der Waals surface area contributed by atoms with Crippen LogP contribution in [0.15, 0.2) is 34.9 Å². The molecule has 0 radical (unpaired) electrons. The largest absolute Gasteiger partial charge is 0.417 e. The molecule has 0 saturated carbocycles. The van der Waals surface area contributed by atoms with Crippen LogP contribution in [-0.2, 0) is 12.0 Å². The van der Waals surface area contributed by atoms with Crippen molar-refractivity contribution in [3.8, 4) is 11.8 Å². The van der Waals surface area contributed by atoms with Crippen molar-refractivity contribution in [1.29, 1.82) is 0 Å². The van der Waals surface area contributed by atoms with E-state index < -0.39 is 0 Å². The van der Waals surface area contributed by atoms with Crippen molar-refractivity contribution in [2.24, 2.45) is 0 Å². The van der Waals surface area contributed by atoms with Gasteiger partial charge in [-0.2, -0.15) is 4.98 Å². The molecule has 0 aliphatic carbocycles. The topological polar surface area (TPSA) is 47.3 Å². The quantitative estimate of drug-likeness (QED) is 0.893. The second-order valence-corrected chi connectivity index (χ2v) is 6.49. The Labute approximate surface area is 126 Å². The Balaban J connectivity index is 2.12. The summed E-state index contributed by atoms with van der Waals surface area (Å²) < 4.78 is 11.2. The zero-order chi connectivity index (χ0) is 15.5. The van der Waals surface area contributed by atoms with Crippen LogP contribution in [-0.4, -0.2) is 11.0 Å². The van der Waals surface area contributed by atoms with Gasteiger partial charge in [0, 0.05) is 18.2 Å². The molecule has 0 unspecified atom stereocenters. The van der Waals surface area contributed by atoms with E-state index in [2.05, 4.69) is 51.0 Å². The summed E-state index contributed by atoms with van der Waals surface area (Å²) in [5.74, 6) is 0.787. The van der Waals surface area contributed by atoms with Gasteiger partial charge in [-0.05, 0) is 11.5 Å². The van der Waals surface area contributed by atoms with E-state index in [4.69, 9.17) is 9.15 Å². The minimum atomic E-state index is 0.00517. The number of benzene rings is 1. The summed E-state index contributed by atoms with van der Waals surface area (Å²) in [5.41, 5.74) is 1.97. The Hall–Kier alpha value is -1.81. The number of hydrogen-bond acceptors (Lipinski definition) is 4. The van der Waals surface area contributed by atoms with Gasteiger partial charge in [0.05, 0.1) is 5.69 Å². The Morgan fingerprint density at radius 3 is 2.62 bits per heavy atom. The van der Waals surface area contributed by atoms with Crippen LogP contribution in [0, 0.1) is 0 Å². The number of para-hydroxylation sites is 1. The molecule has 0 aliphatic rings. The standard InChI is InChI=1S/C17H24N2O2/c1-12(2)18-10-13-11-20-16(19-13)21-15-9-7-6-8-14(15)17(3,4)5/h6-9,11-12,18H,10H2,1-5H3. The molecule has 114 valence electrons. The van der Waals surface area contributed by atoms with Gasteiger partial charge in [-0.3, -0.25) is 0 Å². The van der Waals surface area contributed by atoms with Crippen LogP contribution in [0.5, 0.6) is 11.8 Å². The summed E-state index contributed by atoms with van der Waals surface area (Å²) in [6.45, 7) is 11.3. The third-order valence-corrected chi connectivity index (χ3v) is 3.11. The van der Waals surface area contributed by atoms with Gasteiger partial charge in [-0.1, -0.05) is 52.8 Å². The minimum Gasteiger partial charge on any atom is -0.417 e. The molecule has 0 atom stereocenters. The van der Waals surface area contributed by atoms with Crippen molar-refractivity contribution in [3.05, 3.63) is 41.8 Å². The Morgan fingerprint density at radius 2 is 1.95 bits per heavy atom. The first-order chi connectivity index (χ1) is 9.86. The lowest BCUT2D eigenvalue weighted by Gasteiger charge is -2.21. The number of rotatable bonds is 5. The van der Waals surface area contributed by atoms with Crippen molar-refractivity contribution in [2.75, 3.05) is 0 Å². The maximum absolute atomic E-state index is 5.82. The number of aromatic nitrogens is 1. The minimum absolute atomic E-state index is 0.00517. The zero-order valence-corrected chi connectivity index (χ0v) is 13.4. The molecule has 0 aliphatic heterocycles. The molecule has 0 saturated heterocycles. The monoisotopic (exact) mass is 288 g/mol. The maximum Gasteiger partial charge on any atom is 0.399 e. The van der Waals surface area contributed by atoms with Crippen molar-refractivity contribution in [3.63, 3.8) is 0 Å². The Bertz CT molecular complexity index is 582. The van der Waals surface area contributed by atoms with Crippen molar-refractivity contribution in [2.45, 2.75) is 52.6 Å².